The highest BCUT2D eigenvalue weighted by molar-refractivity contribution is 7.26. The Kier molecular flexibility index (Phi) is 3.65. The van der Waals surface area contributed by atoms with Crippen LogP contribution in [0.15, 0.2) is 6.20 Å². The molecule has 0 radical (unpaired) electrons. The van der Waals surface area contributed by atoms with Crippen molar-refractivity contribution >= 4 is 8.35 Å². The summed E-state index contributed by atoms with van der Waals surface area (Å²) in [5.74, 6) is 0. The molecule has 0 aromatic carbocycles. The first-order valence-electron chi connectivity index (χ1n) is 4.40. The molecule has 11 heavy (non-hydrogen) atoms. The first kappa shape index (κ1) is 8.80. The summed E-state index contributed by atoms with van der Waals surface area (Å²) >= 11 is 0. The third kappa shape index (κ3) is 2.34. The van der Waals surface area contributed by atoms with Crippen LogP contribution in [-0.2, 0) is 12.8 Å². The number of aromatic nitrogens is 1. The number of rotatable bonds is 4. The van der Waals surface area contributed by atoms with Crippen molar-refractivity contribution < 1.29 is 0 Å². The molecule has 1 aromatic rings. The van der Waals surface area contributed by atoms with Crippen molar-refractivity contribution in [3.05, 3.63) is 17.1 Å². The van der Waals surface area contributed by atoms with Gasteiger partial charge in [-0.15, -0.1) is 0 Å². The molecule has 0 amide bonds. The summed E-state index contributed by atoms with van der Waals surface area (Å²) in [5, 5.41) is 1.61. The van der Waals surface area contributed by atoms with Gasteiger partial charge in [0.05, 0.1) is 0 Å². The van der Waals surface area contributed by atoms with Crippen molar-refractivity contribution in [3.8, 4) is 0 Å². The standard InChI is InChI=1S/C9H16NP/c1-3-5-8-7-10-11-9(8)6-4-2/h7,10H,3-6H2,1-2H3. The Morgan fingerprint density at radius 2 is 2.00 bits per heavy atom. The lowest BCUT2D eigenvalue weighted by atomic mass is 10.1. The molecular formula is C9H16NP. The maximum atomic E-state index is 3.27. The number of hydrogen-bond donors (Lipinski definition) is 1. The highest BCUT2D eigenvalue weighted by atomic mass is 31.0. The second-order valence-electron chi connectivity index (χ2n) is 2.86. The Morgan fingerprint density at radius 1 is 1.27 bits per heavy atom. The lowest BCUT2D eigenvalue weighted by Gasteiger charge is -1.97. The largest absolute Gasteiger partial charge is 0.344 e. The topological polar surface area (TPSA) is 15.8 Å². The molecule has 1 aromatic heterocycles. The van der Waals surface area contributed by atoms with Crippen molar-refractivity contribution in [2.45, 2.75) is 39.5 Å². The molecule has 2 heteroatoms. The predicted octanol–water partition coefficient (Wildman–Crippen LogP) is 3.50. The molecule has 0 atom stereocenters. The van der Waals surface area contributed by atoms with E-state index in [1.807, 2.05) is 0 Å². The van der Waals surface area contributed by atoms with Gasteiger partial charge in [-0.25, -0.2) is 0 Å². The second kappa shape index (κ2) is 4.56. The maximum absolute atomic E-state index is 3.27. The molecule has 0 aliphatic heterocycles. The van der Waals surface area contributed by atoms with Crippen molar-refractivity contribution in [1.82, 2.24) is 4.75 Å². The van der Waals surface area contributed by atoms with Crippen molar-refractivity contribution in [2.24, 2.45) is 0 Å². The maximum Gasteiger partial charge on any atom is 0.0142 e. The Hall–Kier alpha value is -0.290. The molecular weight excluding hydrogens is 153 g/mol. The van der Waals surface area contributed by atoms with Gasteiger partial charge in [-0.05, 0) is 18.4 Å². The van der Waals surface area contributed by atoms with E-state index in [4.69, 9.17) is 0 Å². The summed E-state index contributed by atoms with van der Waals surface area (Å²) in [6, 6.07) is 0. The van der Waals surface area contributed by atoms with E-state index in [0.29, 0.717) is 0 Å². The number of aryl methyl sites for hydroxylation is 2. The minimum Gasteiger partial charge on any atom is -0.344 e. The van der Waals surface area contributed by atoms with Crippen LogP contribution in [0.25, 0.3) is 0 Å². The van der Waals surface area contributed by atoms with Crippen molar-refractivity contribution in [3.63, 3.8) is 0 Å². The smallest absolute Gasteiger partial charge is 0.0142 e. The number of hydrogen-bond acceptors (Lipinski definition) is 0. The number of nitrogens with one attached hydrogen (secondary N) is 1. The zero-order valence-electron chi connectivity index (χ0n) is 7.35. The molecule has 0 unspecified atom stereocenters. The van der Waals surface area contributed by atoms with Crippen molar-refractivity contribution in [2.75, 3.05) is 0 Å². The molecule has 1 nitrogen and oxygen atoms in total. The Morgan fingerprint density at radius 3 is 2.64 bits per heavy atom. The SMILES string of the molecule is CCCc1c[nH]pc1CCC. The van der Waals surface area contributed by atoms with Crippen LogP contribution in [-0.4, -0.2) is 4.75 Å². The van der Waals surface area contributed by atoms with Gasteiger partial charge >= 0.3 is 0 Å². The summed E-state index contributed by atoms with van der Waals surface area (Å²) in [6.07, 6.45) is 7.22. The van der Waals surface area contributed by atoms with Crippen LogP contribution < -0.4 is 0 Å². The first-order valence-corrected chi connectivity index (χ1v) is 5.29. The highest BCUT2D eigenvalue weighted by Crippen LogP contribution is 2.20. The molecule has 1 heterocycles. The monoisotopic (exact) mass is 169 g/mol. The van der Waals surface area contributed by atoms with E-state index in [9.17, 15) is 0 Å². The Labute approximate surface area is 70.4 Å². The van der Waals surface area contributed by atoms with Gasteiger partial charge in [-0.3, -0.25) is 0 Å². The summed E-state index contributed by atoms with van der Waals surface area (Å²) < 4.78 is 3.27. The fourth-order valence-electron chi connectivity index (χ4n) is 1.28. The molecule has 0 saturated heterocycles. The van der Waals surface area contributed by atoms with E-state index in [0.717, 1.165) is 0 Å². The molecule has 0 aliphatic carbocycles. The van der Waals surface area contributed by atoms with Crippen LogP contribution in [0, 0.1) is 0 Å². The Bertz CT molecular complexity index is 185. The molecule has 1 N–H and O–H groups in total. The molecule has 1 rings (SSSR count). The van der Waals surface area contributed by atoms with E-state index < -0.39 is 0 Å². The molecule has 0 aliphatic rings. The van der Waals surface area contributed by atoms with Gasteiger partial charge in [0.2, 0.25) is 0 Å². The summed E-state index contributed by atoms with van der Waals surface area (Å²) in [7, 11) is 1.33. The number of aromatic amines is 1. The van der Waals surface area contributed by atoms with E-state index >= 15 is 0 Å². The fraction of sp³-hybridized carbons (Fsp3) is 0.667. The minimum atomic E-state index is 1.25. The Balaban J connectivity index is 2.62. The van der Waals surface area contributed by atoms with Crippen LogP contribution in [0.4, 0.5) is 0 Å². The molecule has 0 fully saturated rings. The normalized spacial score (nSPS) is 11.1. The van der Waals surface area contributed by atoms with E-state index in [-0.39, 0.29) is 0 Å². The van der Waals surface area contributed by atoms with Crippen LogP contribution in [0.1, 0.15) is 37.5 Å². The van der Waals surface area contributed by atoms with Crippen LogP contribution in [0.5, 0.6) is 0 Å². The lowest BCUT2D eigenvalue weighted by Crippen LogP contribution is -1.85. The van der Waals surface area contributed by atoms with Gasteiger partial charge in [0, 0.05) is 19.8 Å². The average molecular weight is 169 g/mol. The van der Waals surface area contributed by atoms with Gasteiger partial charge < -0.3 is 4.75 Å². The van der Waals surface area contributed by atoms with Gasteiger partial charge in [-0.2, -0.15) is 0 Å². The highest BCUT2D eigenvalue weighted by Gasteiger charge is 2.00. The van der Waals surface area contributed by atoms with E-state index in [1.54, 1.807) is 10.9 Å². The van der Waals surface area contributed by atoms with Gasteiger partial charge in [0.15, 0.2) is 0 Å². The number of H-pyrrole nitrogens is 1. The quantitative estimate of drug-likeness (QED) is 0.710. The van der Waals surface area contributed by atoms with Gasteiger partial charge in [0.25, 0.3) is 0 Å². The molecule has 0 bridgehead atoms. The van der Waals surface area contributed by atoms with Crippen molar-refractivity contribution in [1.29, 1.82) is 0 Å². The molecule has 0 saturated carbocycles. The fourth-order valence-corrected chi connectivity index (χ4v) is 2.31. The zero-order chi connectivity index (χ0) is 8.10. The second-order valence-corrected chi connectivity index (χ2v) is 3.88. The zero-order valence-corrected chi connectivity index (χ0v) is 8.25. The lowest BCUT2D eigenvalue weighted by molar-refractivity contribution is 0.877. The third-order valence-corrected chi connectivity index (χ3v) is 2.85. The summed E-state index contributed by atoms with van der Waals surface area (Å²) in [4.78, 5) is 0. The first-order chi connectivity index (χ1) is 5.38. The van der Waals surface area contributed by atoms with Crippen LogP contribution in [0.2, 0.25) is 0 Å². The van der Waals surface area contributed by atoms with E-state index in [1.165, 1.54) is 34.0 Å². The van der Waals surface area contributed by atoms with Crippen LogP contribution >= 0.6 is 8.35 Å². The van der Waals surface area contributed by atoms with Gasteiger partial charge in [-0.1, -0.05) is 26.7 Å². The minimum absolute atomic E-state index is 1.25. The molecule has 0 spiro atoms. The average Bonchev–Trinajstić information content (AvgIpc) is 2.39. The van der Waals surface area contributed by atoms with E-state index in [2.05, 4.69) is 24.8 Å². The predicted molar refractivity (Wildman–Crippen MR) is 51.3 cm³/mol. The molecule has 62 valence electrons. The summed E-state index contributed by atoms with van der Waals surface area (Å²) in [5.41, 5.74) is 1.55. The summed E-state index contributed by atoms with van der Waals surface area (Å²) in [6.45, 7) is 4.48. The van der Waals surface area contributed by atoms with Gasteiger partial charge in [0.1, 0.15) is 0 Å². The van der Waals surface area contributed by atoms with Crippen LogP contribution in [0.3, 0.4) is 0 Å². The third-order valence-electron chi connectivity index (χ3n) is 1.82.